The average Bonchev–Trinajstić information content (AvgIpc) is 1.57. The van der Waals surface area contributed by atoms with Crippen LogP contribution in [0.5, 0.6) is 0 Å². The first-order chi connectivity index (χ1) is 44.6. The van der Waals surface area contributed by atoms with Gasteiger partial charge in [-0.2, -0.15) is 0 Å². The number of para-hydroxylation sites is 7. The lowest BCUT2D eigenvalue weighted by Gasteiger charge is -2.21. The number of nitrogens with zero attached hydrogens (tertiary/aromatic N) is 8. The smallest absolute Gasteiger partial charge is 0.194 e. The van der Waals surface area contributed by atoms with Gasteiger partial charge in [0.2, 0.25) is 0 Å². The SMILES string of the molecule is [C-]#[N+]c1ccccc1-c1ccc(-n2c3ccccc3c3cc4c5ccccc5n(-c5ccccc5)c4cc32)c(-c2cc(-c3nc(-c4ccccc4)nc(-c4ccccc4)n3)ccc2-n2c3ccccc3c3cc4c5ccccc5n(-c5ccccc5)c4cc32)c1. The summed E-state index contributed by atoms with van der Waals surface area (Å²) in [6.07, 6.45) is 0. The standard InChI is InChI=1S/C82H50N8/c1-83-69-37-19-14-32-58(69)54-42-44-74(89-72-40-22-17-35-61(72)67-48-65-59-33-15-20-38-70(59)87(76(65)50-78(67)89)56-28-10-4-11-29-56)63(46-54)64-47-55(82-85-80(52-24-6-2-7-25-52)84-81(86-82)53-26-8-3-9-27-53)43-45-75(64)90-73-41-23-18-36-62(73)68-49-66-60-34-16-21-39-71(60)88(77(66)51-79(68)90)57-30-12-5-13-31-57/h2-51H. The van der Waals surface area contributed by atoms with Crippen molar-refractivity contribution in [1.29, 1.82) is 0 Å². The summed E-state index contributed by atoms with van der Waals surface area (Å²) in [5, 5.41) is 9.30. The van der Waals surface area contributed by atoms with Gasteiger partial charge >= 0.3 is 0 Å². The summed E-state index contributed by atoms with van der Waals surface area (Å²) in [7, 11) is 0. The molecule has 0 saturated heterocycles. The molecular weight excluding hydrogens is 1100 g/mol. The van der Waals surface area contributed by atoms with Gasteiger partial charge in [-0.25, -0.2) is 19.8 Å². The van der Waals surface area contributed by atoms with Crippen molar-refractivity contribution in [3.63, 3.8) is 0 Å². The first-order valence-electron chi connectivity index (χ1n) is 30.3. The van der Waals surface area contributed by atoms with E-state index in [2.05, 4.69) is 272 Å². The van der Waals surface area contributed by atoms with Crippen molar-refractivity contribution in [3.05, 3.63) is 315 Å². The molecule has 13 aromatic carbocycles. The first-order valence-corrected chi connectivity index (χ1v) is 30.3. The highest BCUT2D eigenvalue weighted by Crippen LogP contribution is 2.47. The van der Waals surface area contributed by atoms with Gasteiger partial charge in [0, 0.05) is 82.3 Å². The van der Waals surface area contributed by atoms with Crippen LogP contribution >= 0.6 is 0 Å². The molecule has 5 heterocycles. The van der Waals surface area contributed by atoms with Crippen molar-refractivity contribution in [2.45, 2.75) is 0 Å². The second kappa shape index (κ2) is 20.3. The maximum absolute atomic E-state index is 8.50. The van der Waals surface area contributed by atoms with E-state index in [0.29, 0.717) is 23.2 Å². The van der Waals surface area contributed by atoms with Gasteiger partial charge < -0.3 is 18.3 Å². The molecule has 418 valence electrons. The minimum atomic E-state index is 0.538. The minimum Gasteiger partial charge on any atom is -0.309 e. The molecule has 18 rings (SSSR count). The Morgan fingerprint density at radius 2 is 0.567 bits per heavy atom. The molecule has 0 N–H and O–H groups in total. The van der Waals surface area contributed by atoms with E-state index in [-0.39, 0.29) is 0 Å². The molecule has 0 radical (unpaired) electrons. The van der Waals surface area contributed by atoms with Crippen LogP contribution in [0, 0.1) is 6.57 Å². The van der Waals surface area contributed by atoms with Gasteiger partial charge in [0.05, 0.1) is 62.1 Å². The summed E-state index contributed by atoms with van der Waals surface area (Å²) in [5.74, 6) is 1.69. The molecule has 0 atom stereocenters. The summed E-state index contributed by atoms with van der Waals surface area (Å²) >= 11 is 0. The lowest BCUT2D eigenvalue weighted by molar-refractivity contribution is 1.07. The monoisotopic (exact) mass is 1150 g/mol. The first kappa shape index (κ1) is 50.8. The van der Waals surface area contributed by atoms with Crippen LogP contribution in [-0.4, -0.2) is 33.2 Å². The van der Waals surface area contributed by atoms with Crippen molar-refractivity contribution in [2.75, 3.05) is 0 Å². The molecule has 18 aromatic rings. The highest BCUT2D eigenvalue weighted by atomic mass is 15.0. The Morgan fingerprint density at radius 3 is 1.00 bits per heavy atom. The molecule has 90 heavy (non-hydrogen) atoms. The number of hydrogen-bond donors (Lipinski definition) is 0. The zero-order valence-electron chi connectivity index (χ0n) is 48.4. The molecule has 8 nitrogen and oxygen atoms in total. The summed E-state index contributed by atoms with van der Waals surface area (Å²) in [6.45, 7) is 8.50. The van der Waals surface area contributed by atoms with Crippen LogP contribution in [0.1, 0.15) is 0 Å². The molecule has 0 bridgehead atoms. The molecule has 0 unspecified atom stereocenters. The molecule has 0 saturated carbocycles. The lowest BCUT2D eigenvalue weighted by atomic mass is 9.93. The van der Waals surface area contributed by atoms with Crippen molar-refractivity contribution < 1.29 is 0 Å². The van der Waals surface area contributed by atoms with Crippen LogP contribution in [0.25, 0.3) is 171 Å². The molecular formula is C82H50N8. The van der Waals surface area contributed by atoms with E-state index in [1.807, 2.05) is 54.6 Å². The minimum absolute atomic E-state index is 0.538. The second-order valence-corrected chi connectivity index (χ2v) is 23.0. The Bertz CT molecular complexity index is 5910. The van der Waals surface area contributed by atoms with Crippen LogP contribution in [0.2, 0.25) is 0 Å². The van der Waals surface area contributed by atoms with Gasteiger partial charge in [-0.3, -0.25) is 0 Å². The van der Waals surface area contributed by atoms with E-state index in [1.54, 1.807) is 0 Å². The third-order valence-electron chi connectivity index (χ3n) is 18.0. The van der Waals surface area contributed by atoms with Crippen LogP contribution in [-0.2, 0) is 0 Å². The fourth-order valence-electron chi connectivity index (χ4n) is 14.0. The van der Waals surface area contributed by atoms with Gasteiger partial charge in [-0.15, -0.1) is 0 Å². The second-order valence-electron chi connectivity index (χ2n) is 23.0. The van der Waals surface area contributed by atoms with Crippen molar-refractivity contribution in [3.8, 4) is 79.2 Å². The van der Waals surface area contributed by atoms with Crippen molar-refractivity contribution >= 4 is 92.9 Å². The summed E-state index contributed by atoms with van der Waals surface area (Å²) in [6, 6.07) is 108. The molecule has 0 aliphatic rings. The summed E-state index contributed by atoms with van der Waals surface area (Å²) < 4.78 is 9.73. The highest BCUT2D eigenvalue weighted by Gasteiger charge is 2.26. The molecule has 0 spiro atoms. The number of aromatic nitrogens is 7. The van der Waals surface area contributed by atoms with E-state index >= 15 is 0 Å². The quantitative estimate of drug-likeness (QED) is 0.135. The third-order valence-corrected chi connectivity index (χ3v) is 18.0. The zero-order valence-corrected chi connectivity index (χ0v) is 48.4. The number of hydrogen-bond acceptors (Lipinski definition) is 3. The van der Waals surface area contributed by atoms with Crippen molar-refractivity contribution in [2.24, 2.45) is 0 Å². The van der Waals surface area contributed by atoms with E-state index < -0.39 is 0 Å². The van der Waals surface area contributed by atoms with E-state index in [9.17, 15) is 0 Å². The normalized spacial score (nSPS) is 11.8. The van der Waals surface area contributed by atoms with Gasteiger partial charge in [0.15, 0.2) is 23.2 Å². The van der Waals surface area contributed by atoms with Gasteiger partial charge in [-0.05, 0) is 114 Å². The fourth-order valence-corrected chi connectivity index (χ4v) is 14.0. The van der Waals surface area contributed by atoms with Crippen LogP contribution < -0.4 is 0 Å². The van der Waals surface area contributed by atoms with Gasteiger partial charge in [0.1, 0.15) is 0 Å². The van der Waals surface area contributed by atoms with Crippen molar-refractivity contribution in [1.82, 2.24) is 33.2 Å². The third kappa shape index (κ3) is 7.90. The van der Waals surface area contributed by atoms with E-state index in [4.69, 9.17) is 21.5 Å². The summed E-state index contributed by atoms with van der Waals surface area (Å²) in [5.41, 5.74) is 19.6. The van der Waals surface area contributed by atoms with E-state index in [0.717, 1.165) is 127 Å². The predicted octanol–water partition coefficient (Wildman–Crippen LogP) is 21.1. The Kier molecular flexibility index (Phi) is 11.5. The van der Waals surface area contributed by atoms with Crippen LogP contribution in [0.3, 0.4) is 0 Å². The van der Waals surface area contributed by atoms with E-state index in [1.165, 1.54) is 21.5 Å². The lowest BCUT2D eigenvalue weighted by Crippen LogP contribution is -2.04. The summed E-state index contributed by atoms with van der Waals surface area (Å²) in [4.78, 5) is 20.0. The topological polar surface area (TPSA) is 62.8 Å². The molecule has 0 aliphatic heterocycles. The Labute approximate surface area is 517 Å². The number of fused-ring (bicyclic) bond motifs is 12. The largest absolute Gasteiger partial charge is 0.309 e. The Hall–Kier alpha value is -12.4. The Morgan fingerprint density at radius 1 is 0.233 bits per heavy atom. The predicted molar refractivity (Wildman–Crippen MR) is 371 cm³/mol. The van der Waals surface area contributed by atoms with Crippen LogP contribution in [0.15, 0.2) is 303 Å². The highest BCUT2D eigenvalue weighted by molar-refractivity contribution is 6.21. The number of benzene rings is 13. The average molecular weight is 1150 g/mol. The maximum Gasteiger partial charge on any atom is 0.194 e. The zero-order chi connectivity index (χ0) is 59.4. The number of rotatable bonds is 9. The molecule has 0 amide bonds. The fraction of sp³-hybridized carbons (Fsp3) is 0. The molecule has 0 fully saturated rings. The molecule has 5 aromatic heterocycles. The van der Waals surface area contributed by atoms with Gasteiger partial charge in [0.25, 0.3) is 0 Å². The maximum atomic E-state index is 8.50. The van der Waals surface area contributed by atoms with Gasteiger partial charge in [-0.1, -0.05) is 200 Å². The molecule has 8 heteroatoms. The van der Waals surface area contributed by atoms with Crippen LogP contribution in [0.4, 0.5) is 5.69 Å². The molecule has 0 aliphatic carbocycles. The Balaban J connectivity index is 0.992.